The highest BCUT2D eigenvalue weighted by Crippen LogP contribution is 2.29. The van der Waals surface area contributed by atoms with Crippen molar-refractivity contribution in [1.82, 2.24) is 9.97 Å². The van der Waals surface area contributed by atoms with E-state index in [9.17, 15) is 0 Å². The molecule has 1 heterocycles. The molecule has 1 aromatic carbocycles. The highest BCUT2D eigenvalue weighted by Gasteiger charge is 2.11. The van der Waals surface area contributed by atoms with Gasteiger partial charge in [-0.15, -0.1) is 0 Å². The fourth-order valence-electron chi connectivity index (χ4n) is 2.09. The standard InChI is InChI=1S/C15H19BrN4/c1-4-6-11-14(17-3)18-9-19-15(11)20-13-8-5-7-12(16)10(13)2/h5,7-9H,4,6H2,1-3H3,(H2,17,18,19,20). The Hall–Kier alpha value is -1.62. The molecule has 1 aromatic heterocycles. The Morgan fingerprint density at radius 2 is 1.95 bits per heavy atom. The van der Waals surface area contributed by atoms with Crippen molar-refractivity contribution in [3.05, 3.63) is 40.1 Å². The molecule has 0 bridgehead atoms. The molecule has 0 radical (unpaired) electrons. The van der Waals surface area contributed by atoms with E-state index < -0.39 is 0 Å². The van der Waals surface area contributed by atoms with Crippen LogP contribution in [0.15, 0.2) is 29.0 Å². The minimum Gasteiger partial charge on any atom is -0.373 e. The van der Waals surface area contributed by atoms with Crippen molar-refractivity contribution in [1.29, 1.82) is 0 Å². The maximum Gasteiger partial charge on any atom is 0.139 e. The summed E-state index contributed by atoms with van der Waals surface area (Å²) in [6.07, 6.45) is 3.57. The van der Waals surface area contributed by atoms with E-state index in [0.717, 1.165) is 40.2 Å². The largest absolute Gasteiger partial charge is 0.373 e. The quantitative estimate of drug-likeness (QED) is 0.856. The number of halogens is 1. The fourth-order valence-corrected chi connectivity index (χ4v) is 2.46. The van der Waals surface area contributed by atoms with E-state index in [1.165, 1.54) is 5.56 Å². The summed E-state index contributed by atoms with van der Waals surface area (Å²) in [5.74, 6) is 1.75. The van der Waals surface area contributed by atoms with Gasteiger partial charge in [0.15, 0.2) is 0 Å². The van der Waals surface area contributed by atoms with Gasteiger partial charge in [0.2, 0.25) is 0 Å². The summed E-state index contributed by atoms with van der Waals surface area (Å²) < 4.78 is 1.09. The van der Waals surface area contributed by atoms with E-state index in [2.05, 4.69) is 56.4 Å². The van der Waals surface area contributed by atoms with Crippen LogP contribution in [0, 0.1) is 6.92 Å². The first kappa shape index (κ1) is 14.8. The number of anilines is 3. The lowest BCUT2D eigenvalue weighted by molar-refractivity contribution is 0.905. The van der Waals surface area contributed by atoms with Crippen molar-refractivity contribution in [2.75, 3.05) is 17.7 Å². The predicted molar refractivity (Wildman–Crippen MR) is 87.7 cm³/mol. The molecule has 0 fully saturated rings. The van der Waals surface area contributed by atoms with Crippen LogP contribution >= 0.6 is 15.9 Å². The highest BCUT2D eigenvalue weighted by molar-refractivity contribution is 9.10. The summed E-state index contributed by atoms with van der Waals surface area (Å²) in [7, 11) is 1.88. The number of hydrogen-bond acceptors (Lipinski definition) is 4. The Morgan fingerprint density at radius 3 is 2.65 bits per heavy atom. The van der Waals surface area contributed by atoms with Crippen LogP contribution in [0.5, 0.6) is 0 Å². The lowest BCUT2D eigenvalue weighted by atomic mass is 10.1. The van der Waals surface area contributed by atoms with Gasteiger partial charge in [-0.1, -0.05) is 35.3 Å². The van der Waals surface area contributed by atoms with E-state index in [1.807, 2.05) is 19.2 Å². The average molecular weight is 335 g/mol. The molecule has 0 amide bonds. The van der Waals surface area contributed by atoms with Crippen molar-refractivity contribution in [3.8, 4) is 0 Å². The second-order valence-corrected chi connectivity index (χ2v) is 5.44. The molecule has 2 rings (SSSR count). The van der Waals surface area contributed by atoms with Crippen molar-refractivity contribution in [3.63, 3.8) is 0 Å². The smallest absolute Gasteiger partial charge is 0.139 e. The number of nitrogens with zero attached hydrogens (tertiary/aromatic N) is 2. The Kier molecular flexibility index (Phi) is 4.95. The minimum absolute atomic E-state index is 0.868. The van der Waals surface area contributed by atoms with E-state index >= 15 is 0 Å². The zero-order valence-corrected chi connectivity index (χ0v) is 13.6. The zero-order chi connectivity index (χ0) is 14.5. The Bertz CT molecular complexity index is 598. The molecular weight excluding hydrogens is 316 g/mol. The van der Waals surface area contributed by atoms with E-state index in [-0.39, 0.29) is 0 Å². The first-order chi connectivity index (χ1) is 9.67. The molecule has 4 nitrogen and oxygen atoms in total. The third-order valence-electron chi connectivity index (χ3n) is 3.20. The van der Waals surface area contributed by atoms with Crippen LogP contribution in [-0.4, -0.2) is 17.0 Å². The van der Waals surface area contributed by atoms with Gasteiger partial charge in [0, 0.05) is 22.8 Å². The van der Waals surface area contributed by atoms with Gasteiger partial charge in [-0.25, -0.2) is 9.97 Å². The van der Waals surface area contributed by atoms with Crippen molar-refractivity contribution >= 4 is 33.3 Å². The molecule has 0 spiro atoms. The minimum atomic E-state index is 0.868. The van der Waals surface area contributed by atoms with Crippen LogP contribution < -0.4 is 10.6 Å². The number of hydrogen-bond donors (Lipinski definition) is 2. The van der Waals surface area contributed by atoms with Gasteiger partial charge in [-0.3, -0.25) is 0 Å². The molecular formula is C15H19BrN4. The zero-order valence-electron chi connectivity index (χ0n) is 12.0. The molecule has 2 N–H and O–H groups in total. The molecule has 5 heteroatoms. The molecule has 0 saturated heterocycles. The van der Waals surface area contributed by atoms with Gasteiger partial charge in [0.05, 0.1) is 0 Å². The molecule has 20 heavy (non-hydrogen) atoms. The number of nitrogens with one attached hydrogen (secondary N) is 2. The third-order valence-corrected chi connectivity index (χ3v) is 4.06. The second-order valence-electron chi connectivity index (χ2n) is 4.59. The van der Waals surface area contributed by atoms with Crippen LogP contribution in [0.1, 0.15) is 24.5 Å². The number of benzene rings is 1. The molecule has 2 aromatic rings. The summed E-state index contributed by atoms with van der Waals surface area (Å²) in [6.45, 7) is 4.23. The first-order valence-corrected chi connectivity index (χ1v) is 7.50. The topological polar surface area (TPSA) is 49.8 Å². The summed E-state index contributed by atoms with van der Waals surface area (Å²) in [6, 6.07) is 6.10. The van der Waals surface area contributed by atoms with E-state index in [4.69, 9.17) is 0 Å². The Balaban J connectivity index is 2.40. The number of aromatic nitrogens is 2. The predicted octanol–water partition coefficient (Wildman–Crippen LogP) is 4.29. The fraction of sp³-hybridized carbons (Fsp3) is 0.333. The summed E-state index contributed by atoms with van der Waals surface area (Å²) >= 11 is 3.55. The summed E-state index contributed by atoms with van der Waals surface area (Å²) in [5.41, 5.74) is 3.34. The molecule has 0 aliphatic rings. The maximum absolute atomic E-state index is 4.39. The van der Waals surface area contributed by atoms with E-state index in [0.29, 0.717) is 0 Å². The van der Waals surface area contributed by atoms with Gasteiger partial charge in [-0.05, 0) is 31.0 Å². The van der Waals surface area contributed by atoms with Gasteiger partial charge in [0.25, 0.3) is 0 Å². The molecule has 0 aliphatic heterocycles. The SMILES string of the molecule is CCCc1c(NC)ncnc1Nc1cccc(Br)c1C. The normalized spacial score (nSPS) is 10.4. The Labute approximate surface area is 128 Å². The van der Waals surface area contributed by atoms with E-state index in [1.54, 1.807) is 6.33 Å². The Morgan fingerprint density at radius 1 is 1.20 bits per heavy atom. The average Bonchev–Trinajstić information content (AvgIpc) is 2.46. The summed E-state index contributed by atoms with van der Waals surface area (Å²) in [4.78, 5) is 8.68. The summed E-state index contributed by atoms with van der Waals surface area (Å²) in [5, 5.41) is 6.55. The number of rotatable bonds is 5. The van der Waals surface area contributed by atoms with Gasteiger partial charge in [-0.2, -0.15) is 0 Å². The van der Waals surface area contributed by atoms with Crippen LogP contribution in [0.3, 0.4) is 0 Å². The lowest BCUT2D eigenvalue weighted by Gasteiger charge is -2.15. The maximum atomic E-state index is 4.39. The van der Waals surface area contributed by atoms with Crippen LogP contribution in [0.2, 0.25) is 0 Å². The monoisotopic (exact) mass is 334 g/mol. The van der Waals surface area contributed by atoms with Crippen LogP contribution in [0.25, 0.3) is 0 Å². The lowest BCUT2D eigenvalue weighted by Crippen LogP contribution is -2.06. The van der Waals surface area contributed by atoms with Crippen molar-refractivity contribution in [2.45, 2.75) is 26.7 Å². The molecule has 0 atom stereocenters. The van der Waals surface area contributed by atoms with Gasteiger partial charge < -0.3 is 10.6 Å². The molecule has 0 unspecified atom stereocenters. The molecule has 0 saturated carbocycles. The van der Waals surface area contributed by atoms with Crippen LogP contribution in [-0.2, 0) is 6.42 Å². The molecule has 0 aliphatic carbocycles. The van der Waals surface area contributed by atoms with Gasteiger partial charge >= 0.3 is 0 Å². The first-order valence-electron chi connectivity index (χ1n) is 6.71. The third kappa shape index (κ3) is 3.10. The molecule has 106 valence electrons. The van der Waals surface area contributed by atoms with Gasteiger partial charge in [0.1, 0.15) is 18.0 Å². The van der Waals surface area contributed by atoms with Crippen molar-refractivity contribution < 1.29 is 0 Å². The van der Waals surface area contributed by atoms with Crippen molar-refractivity contribution in [2.24, 2.45) is 0 Å². The highest BCUT2D eigenvalue weighted by atomic mass is 79.9. The van der Waals surface area contributed by atoms with Crippen LogP contribution in [0.4, 0.5) is 17.3 Å². The second kappa shape index (κ2) is 6.70.